The van der Waals surface area contributed by atoms with E-state index in [1.54, 1.807) is 31.2 Å². The molecule has 1 aliphatic heterocycles. The van der Waals surface area contributed by atoms with E-state index >= 15 is 0 Å². The normalized spacial score (nSPS) is 14.1. The molecule has 0 spiro atoms. The second-order valence-corrected chi connectivity index (χ2v) is 7.37. The van der Waals surface area contributed by atoms with Gasteiger partial charge in [0.25, 0.3) is 5.91 Å². The Balaban J connectivity index is 1.46. The molecular formula is C23H23N5O2. The Morgan fingerprint density at radius 1 is 1.17 bits per heavy atom. The van der Waals surface area contributed by atoms with Crippen LogP contribution in [-0.4, -0.2) is 26.8 Å². The Kier molecular flexibility index (Phi) is 5.75. The number of nitrogens with zero attached hydrogens (tertiary/aromatic N) is 4. The number of fused-ring (bicyclic) bond motifs is 1. The quantitative estimate of drug-likeness (QED) is 0.699. The van der Waals surface area contributed by atoms with Crippen molar-refractivity contribution in [2.45, 2.75) is 45.3 Å². The standard InChI is InChI=1S/C23H23N5O2/c1-16(30-20-11-9-17(15-24)10-12-20)23(29)25-19-7-5-6-18(14-19)22-27-26-21-8-3-2-4-13-28(21)22/h5-7,9-12,14,16H,2-4,8,13H2,1H3,(H,25,29)/t16-/m0/s1. The average molecular weight is 401 g/mol. The molecule has 0 aliphatic carbocycles. The van der Waals surface area contributed by atoms with Gasteiger partial charge in [-0.15, -0.1) is 10.2 Å². The van der Waals surface area contributed by atoms with Crippen LogP contribution in [0.25, 0.3) is 11.4 Å². The molecule has 3 aromatic rings. The van der Waals surface area contributed by atoms with E-state index in [1.165, 1.54) is 6.42 Å². The molecule has 152 valence electrons. The Labute approximate surface area is 175 Å². The number of amides is 1. The maximum absolute atomic E-state index is 12.6. The van der Waals surface area contributed by atoms with E-state index < -0.39 is 6.10 Å². The van der Waals surface area contributed by atoms with Gasteiger partial charge in [0.05, 0.1) is 11.6 Å². The fraction of sp³-hybridized carbons (Fsp3) is 0.304. The highest BCUT2D eigenvalue weighted by atomic mass is 16.5. The number of rotatable bonds is 5. The Hall–Kier alpha value is -3.66. The third-order valence-electron chi connectivity index (χ3n) is 5.16. The SMILES string of the molecule is C[C@H](Oc1ccc(C#N)cc1)C(=O)Nc1cccc(-c2nnc3n2CCCCC3)c1. The first-order valence-electron chi connectivity index (χ1n) is 10.1. The number of nitrogens with one attached hydrogen (secondary N) is 1. The van der Waals surface area contributed by atoms with E-state index in [2.05, 4.69) is 26.2 Å². The lowest BCUT2D eigenvalue weighted by molar-refractivity contribution is -0.122. The summed E-state index contributed by atoms with van der Waals surface area (Å²) in [5, 5.41) is 20.5. The second kappa shape index (κ2) is 8.78. The molecule has 2 heterocycles. The van der Waals surface area contributed by atoms with Crippen molar-refractivity contribution < 1.29 is 9.53 Å². The van der Waals surface area contributed by atoms with Crippen molar-refractivity contribution >= 4 is 11.6 Å². The largest absolute Gasteiger partial charge is 0.481 e. The van der Waals surface area contributed by atoms with E-state index in [9.17, 15) is 4.79 Å². The predicted octanol–water partition coefficient (Wildman–Crippen LogP) is 3.95. The summed E-state index contributed by atoms with van der Waals surface area (Å²) in [5.41, 5.74) is 2.15. The molecule has 2 aromatic carbocycles. The zero-order valence-electron chi connectivity index (χ0n) is 16.8. The first-order chi connectivity index (χ1) is 14.6. The van der Waals surface area contributed by atoms with Gasteiger partial charge in [0.2, 0.25) is 0 Å². The van der Waals surface area contributed by atoms with Gasteiger partial charge in [-0.1, -0.05) is 18.6 Å². The number of hydrogen-bond donors (Lipinski definition) is 1. The summed E-state index contributed by atoms with van der Waals surface area (Å²) in [6.45, 7) is 2.61. The van der Waals surface area contributed by atoms with E-state index in [1.807, 2.05) is 24.3 Å². The monoisotopic (exact) mass is 401 g/mol. The zero-order chi connectivity index (χ0) is 20.9. The molecule has 1 atom stereocenters. The summed E-state index contributed by atoms with van der Waals surface area (Å²) in [7, 11) is 0. The highest BCUT2D eigenvalue weighted by molar-refractivity contribution is 5.94. The van der Waals surface area contributed by atoms with Crippen LogP contribution in [0.1, 0.15) is 37.6 Å². The number of benzene rings is 2. The van der Waals surface area contributed by atoms with Gasteiger partial charge in [0.15, 0.2) is 11.9 Å². The molecular weight excluding hydrogens is 378 g/mol. The van der Waals surface area contributed by atoms with Gasteiger partial charge >= 0.3 is 0 Å². The van der Waals surface area contributed by atoms with Crippen molar-refractivity contribution in [3.8, 4) is 23.2 Å². The molecule has 0 radical (unpaired) electrons. The number of nitriles is 1. The maximum atomic E-state index is 12.6. The molecule has 0 saturated carbocycles. The zero-order valence-corrected chi connectivity index (χ0v) is 16.8. The van der Waals surface area contributed by atoms with E-state index in [-0.39, 0.29) is 5.91 Å². The van der Waals surface area contributed by atoms with Crippen LogP contribution < -0.4 is 10.1 Å². The van der Waals surface area contributed by atoms with Crippen molar-refractivity contribution in [3.63, 3.8) is 0 Å². The fourth-order valence-corrected chi connectivity index (χ4v) is 3.54. The number of aromatic nitrogens is 3. The van der Waals surface area contributed by atoms with Gasteiger partial charge < -0.3 is 14.6 Å². The first kappa shape index (κ1) is 19.6. The number of aryl methyl sites for hydroxylation is 1. The molecule has 0 fully saturated rings. The van der Waals surface area contributed by atoms with Gasteiger partial charge in [-0.3, -0.25) is 4.79 Å². The van der Waals surface area contributed by atoms with Crippen LogP contribution in [0.4, 0.5) is 5.69 Å². The number of carbonyl (C=O) groups is 1. The van der Waals surface area contributed by atoms with E-state index in [0.717, 1.165) is 43.0 Å². The van der Waals surface area contributed by atoms with Crippen LogP contribution in [0, 0.1) is 11.3 Å². The third kappa shape index (κ3) is 4.33. The van der Waals surface area contributed by atoms with Crippen molar-refractivity contribution in [1.82, 2.24) is 14.8 Å². The van der Waals surface area contributed by atoms with E-state index in [4.69, 9.17) is 10.00 Å². The Morgan fingerprint density at radius 3 is 2.80 bits per heavy atom. The van der Waals surface area contributed by atoms with Crippen molar-refractivity contribution in [2.75, 3.05) is 5.32 Å². The molecule has 30 heavy (non-hydrogen) atoms. The topological polar surface area (TPSA) is 92.8 Å². The summed E-state index contributed by atoms with van der Waals surface area (Å²) in [4.78, 5) is 12.6. The van der Waals surface area contributed by atoms with Crippen LogP contribution in [0.2, 0.25) is 0 Å². The third-order valence-corrected chi connectivity index (χ3v) is 5.16. The molecule has 7 nitrogen and oxygen atoms in total. The summed E-state index contributed by atoms with van der Waals surface area (Å²) < 4.78 is 7.88. The molecule has 0 unspecified atom stereocenters. The van der Waals surface area contributed by atoms with Crippen molar-refractivity contribution in [1.29, 1.82) is 5.26 Å². The molecule has 0 bridgehead atoms. The number of ether oxygens (including phenoxy) is 1. The summed E-state index contributed by atoms with van der Waals surface area (Å²) in [6.07, 6.45) is 3.74. The summed E-state index contributed by atoms with van der Waals surface area (Å²) in [6, 6.07) is 16.4. The van der Waals surface area contributed by atoms with Crippen molar-refractivity contribution in [2.24, 2.45) is 0 Å². The summed E-state index contributed by atoms with van der Waals surface area (Å²) >= 11 is 0. The van der Waals surface area contributed by atoms with Gasteiger partial charge in [0, 0.05) is 24.2 Å². The number of carbonyl (C=O) groups excluding carboxylic acids is 1. The molecule has 4 rings (SSSR count). The molecule has 1 aliphatic rings. The lowest BCUT2D eigenvalue weighted by Gasteiger charge is -2.15. The Bertz CT molecular complexity index is 1080. The predicted molar refractivity (Wildman–Crippen MR) is 113 cm³/mol. The highest BCUT2D eigenvalue weighted by Crippen LogP contribution is 2.25. The van der Waals surface area contributed by atoms with Gasteiger partial charge in [-0.05, 0) is 56.2 Å². The highest BCUT2D eigenvalue weighted by Gasteiger charge is 2.18. The van der Waals surface area contributed by atoms with Crippen LogP contribution in [-0.2, 0) is 17.8 Å². The first-order valence-corrected chi connectivity index (χ1v) is 10.1. The lowest BCUT2D eigenvalue weighted by atomic mass is 10.1. The van der Waals surface area contributed by atoms with Crippen LogP contribution in [0.5, 0.6) is 5.75 Å². The molecule has 1 N–H and O–H groups in total. The molecule has 1 aromatic heterocycles. The summed E-state index contributed by atoms with van der Waals surface area (Å²) in [5.74, 6) is 2.15. The smallest absolute Gasteiger partial charge is 0.265 e. The molecule has 0 saturated heterocycles. The molecule has 7 heteroatoms. The number of hydrogen-bond acceptors (Lipinski definition) is 5. The Morgan fingerprint density at radius 2 is 2.00 bits per heavy atom. The maximum Gasteiger partial charge on any atom is 0.265 e. The minimum Gasteiger partial charge on any atom is -0.481 e. The average Bonchev–Trinajstić information content (AvgIpc) is 3.02. The molecule has 1 amide bonds. The van der Waals surface area contributed by atoms with Gasteiger partial charge in [-0.25, -0.2) is 0 Å². The van der Waals surface area contributed by atoms with Gasteiger partial charge in [-0.2, -0.15) is 5.26 Å². The van der Waals surface area contributed by atoms with Crippen LogP contribution in [0.15, 0.2) is 48.5 Å². The van der Waals surface area contributed by atoms with Gasteiger partial charge in [0.1, 0.15) is 11.6 Å². The second-order valence-electron chi connectivity index (χ2n) is 7.37. The van der Waals surface area contributed by atoms with E-state index in [0.29, 0.717) is 17.0 Å². The fourth-order valence-electron chi connectivity index (χ4n) is 3.54. The minimum atomic E-state index is -0.689. The van der Waals surface area contributed by atoms with Crippen LogP contribution >= 0.6 is 0 Å². The lowest BCUT2D eigenvalue weighted by Crippen LogP contribution is -2.30. The van der Waals surface area contributed by atoms with Crippen LogP contribution in [0.3, 0.4) is 0 Å². The minimum absolute atomic E-state index is 0.253. The van der Waals surface area contributed by atoms with Crippen molar-refractivity contribution in [3.05, 3.63) is 59.9 Å². The number of anilines is 1.